The summed E-state index contributed by atoms with van der Waals surface area (Å²) in [4.78, 5) is 0. The van der Waals surface area contributed by atoms with Crippen molar-refractivity contribution in [1.29, 1.82) is 0 Å². The topological polar surface area (TPSA) is 40.5 Å². The number of aliphatic hydroxyl groups excluding tert-OH is 2. The molecule has 0 amide bonds. The third-order valence-corrected chi connectivity index (χ3v) is 1.02. The Bertz CT molecular complexity index is 58.3. The van der Waals surface area contributed by atoms with Crippen molar-refractivity contribution in [2.24, 2.45) is 0 Å². The molecule has 0 heterocycles. The fourth-order valence-electron chi connectivity index (χ4n) is 0.316. The number of allylic oxidation sites excluding steroid dienone is 1. The van der Waals surface area contributed by atoms with Gasteiger partial charge < -0.3 is 10.2 Å². The number of hydrogen-bond donors (Lipinski definition) is 2. The van der Waals surface area contributed by atoms with Crippen LogP contribution in [0, 0.1) is 6.92 Å². The molecule has 0 atom stereocenters. The first-order valence-corrected chi connectivity index (χ1v) is 4.86. The van der Waals surface area contributed by atoms with Crippen LogP contribution in [0.4, 0.5) is 0 Å². The normalized spacial score (nSPS) is 6.86. The minimum absolute atomic E-state index is 0. The Kier molecular flexibility index (Phi) is 64.3. The molecule has 0 unspecified atom stereocenters. The minimum Gasteiger partial charge on any atom is -0.396 e. The molecule has 0 aliphatic carbocycles. The third-order valence-electron chi connectivity index (χ3n) is 1.02. The van der Waals surface area contributed by atoms with Crippen LogP contribution in [0.5, 0.6) is 0 Å². The van der Waals surface area contributed by atoms with Gasteiger partial charge in [0.25, 0.3) is 0 Å². The van der Waals surface area contributed by atoms with E-state index in [1.165, 1.54) is 6.08 Å². The molecule has 0 aromatic heterocycles. The Morgan fingerprint density at radius 3 is 1.29 bits per heavy atom. The number of rotatable bonds is 4. The van der Waals surface area contributed by atoms with E-state index < -0.39 is 0 Å². The van der Waals surface area contributed by atoms with Crippen LogP contribution in [0.15, 0.2) is 12.7 Å². The summed E-state index contributed by atoms with van der Waals surface area (Å²) in [6.07, 6.45) is 5.58. The standard InChI is InChI=1S/2C4H10O.C3H5.Ti/c2*1-2-3-4-5;1-3-2;/h2*5H,2-4H2,1H3;3H,1-2H2;/q;;-1;. The number of hydrogen-bond acceptors (Lipinski definition) is 2. The van der Waals surface area contributed by atoms with Gasteiger partial charge in [0, 0.05) is 34.9 Å². The Morgan fingerprint density at radius 2 is 1.29 bits per heavy atom. The van der Waals surface area contributed by atoms with Crippen LogP contribution in [0.1, 0.15) is 39.5 Å². The van der Waals surface area contributed by atoms with Crippen LogP contribution in [0.25, 0.3) is 0 Å². The second-order valence-corrected chi connectivity index (χ2v) is 2.44. The van der Waals surface area contributed by atoms with Crippen molar-refractivity contribution in [3.05, 3.63) is 19.6 Å². The molecule has 0 saturated carbocycles. The molecule has 0 spiro atoms. The number of aliphatic hydroxyl groups is 2. The third kappa shape index (κ3) is 85.9. The van der Waals surface area contributed by atoms with E-state index in [-0.39, 0.29) is 21.7 Å². The summed E-state index contributed by atoms with van der Waals surface area (Å²) in [5, 5.41) is 16.1. The molecular formula is C11H25O2Ti-. The van der Waals surface area contributed by atoms with Crippen LogP contribution in [-0.4, -0.2) is 23.4 Å². The molecule has 0 aliphatic rings. The van der Waals surface area contributed by atoms with Crippen LogP contribution in [0.3, 0.4) is 0 Å². The van der Waals surface area contributed by atoms with Gasteiger partial charge in [-0.25, -0.2) is 19.6 Å². The monoisotopic (exact) mass is 237 g/mol. The van der Waals surface area contributed by atoms with Gasteiger partial charge in [-0.15, -0.1) is 0 Å². The average molecular weight is 237 g/mol. The van der Waals surface area contributed by atoms with E-state index in [1.807, 2.05) is 0 Å². The quantitative estimate of drug-likeness (QED) is 0.582. The second kappa shape index (κ2) is 37.8. The van der Waals surface area contributed by atoms with E-state index in [0.717, 1.165) is 25.7 Å². The Labute approximate surface area is 104 Å². The van der Waals surface area contributed by atoms with Crippen LogP contribution >= 0.6 is 0 Å². The van der Waals surface area contributed by atoms with Gasteiger partial charge in [-0.1, -0.05) is 26.7 Å². The summed E-state index contributed by atoms with van der Waals surface area (Å²) in [6.45, 7) is 11.3. The fourth-order valence-corrected chi connectivity index (χ4v) is 0.316. The van der Waals surface area contributed by atoms with E-state index >= 15 is 0 Å². The zero-order chi connectivity index (χ0) is 10.9. The van der Waals surface area contributed by atoms with E-state index in [1.54, 1.807) is 0 Å². The van der Waals surface area contributed by atoms with E-state index in [0.29, 0.717) is 13.2 Å². The summed E-state index contributed by atoms with van der Waals surface area (Å²) in [7, 11) is 0. The van der Waals surface area contributed by atoms with Gasteiger partial charge in [0.15, 0.2) is 0 Å². The molecule has 86 valence electrons. The van der Waals surface area contributed by atoms with Crippen LogP contribution in [0.2, 0.25) is 0 Å². The van der Waals surface area contributed by atoms with Crippen molar-refractivity contribution in [3.8, 4) is 0 Å². The molecule has 2 nitrogen and oxygen atoms in total. The minimum atomic E-state index is 0. The molecule has 2 N–H and O–H groups in total. The van der Waals surface area contributed by atoms with Gasteiger partial charge in [-0.05, 0) is 12.8 Å². The zero-order valence-electron chi connectivity index (χ0n) is 9.63. The molecule has 0 fully saturated rings. The summed E-state index contributed by atoms with van der Waals surface area (Å²) in [6, 6.07) is 0. The molecule has 14 heavy (non-hydrogen) atoms. The van der Waals surface area contributed by atoms with Crippen molar-refractivity contribution in [2.75, 3.05) is 13.2 Å². The Morgan fingerprint density at radius 1 is 1.07 bits per heavy atom. The molecular weight excluding hydrogens is 212 g/mol. The molecule has 0 aromatic carbocycles. The van der Waals surface area contributed by atoms with Gasteiger partial charge in [0.2, 0.25) is 0 Å². The maximum Gasteiger partial charge on any atom is 0.0430 e. The maximum absolute atomic E-state index is 8.07. The van der Waals surface area contributed by atoms with Crippen molar-refractivity contribution >= 4 is 0 Å². The Balaban J connectivity index is -0.0000000535. The summed E-state index contributed by atoms with van der Waals surface area (Å²) >= 11 is 0. The largest absolute Gasteiger partial charge is 0.396 e. The molecule has 0 radical (unpaired) electrons. The van der Waals surface area contributed by atoms with Crippen molar-refractivity contribution < 1.29 is 31.9 Å². The SMILES string of the molecule is C=C[CH2-].CCCCO.CCCCO.[Ti]. The maximum atomic E-state index is 8.07. The molecule has 0 aliphatic heterocycles. The van der Waals surface area contributed by atoms with Crippen molar-refractivity contribution in [2.45, 2.75) is 39.5 Å². The van der Waals surface area contributed by atoms with Crippen molar-refractivity contribution in [1.82, 2.24) is 0 Å². The first-order valence-electron chi connectivity index (χ1n) is 4.86. The van der Waals surface area contributed by atoms with Crippen LogP contribution in [-0.2, 0) is 21.7 Å². The molecule has 0 rings (SSSR count). The summed E-state index contributed by atoms with van der Waals surface area (Å²) in [5.74, 6) is 0. The Hall–Kier alpha value is 0.244. The zero-order valence-corrected chi connectivity index (χ0v) is 11.2. The number of unbranched alkanes of at least 4 members (excludes halogenated alkanes) is 2. The van der Waals surface area contributed by atoms with Gasteiger partial charge in [-0.2, -0.15) is 0 Å². The summed E-state index contributed by atoms with van der Waals surface area (Å²) in [5.41, 5.74) is 0. The fraction of sp³-hybridized carbons (Fsp3) is 0.727. The van der Waals surface area contributed by atoms with E-state index in [4.69, 9.17) is 10.2 Å². The molecule has 0 aromatic rings. The average Bonchev–Trinajstić information content (AvgIpc) is 2.09. The smallest absolute Gasteiger partial charge is 0.0430 e. The molecule has 0 saturated heterocycles. The first-order chi connectivity index (χ1) is 6.24. The molecule has 0 bridgehead atoms. The van der Waals surface area contributed by atoms with Gasteiger partial charge in [0.1, 0.15) is 0 Å². The first kappa shape index (κ1) is 23.8. The van der Waals surface area contributed by atoms with Crippen LogP contribution < -0.4 is 0 Å². The van der Waals surface area contributed by atoms with Gasteiger partial charge in [0.05, 0.1) is 0 Å². The van der Waals surface area contributed by atoms with E-state index in [2.05, 4.69) is 27.4 Å². The summed E-state index contributed by atoms with van der Waals surface area (Å²) < 4.78 is 0. The van der Waals surface area contributed by atoms with Gasteiger partial charge in [-0.3, -0.25) is 0 Å². The second-order valence-electron chi connectivity index (χ2n) is 2.44. The van der Waals surface area contributed by atoms with Crippen molar-refractivity contribution in [3.63, 3.8) is 0 Å². The molecule has 3 heteroatoms. The van der Waals surface area contributed by atoms with Gasteiger partial charge >= 0.3 is 0 Å². The predicted molar refractivity (Wildman–Crippen MR) is 59.5 cm³/mol. The van der Waals surface area contributed by atoms with E-state index in [9.17, 15) is 0 Å². The predicted octanol–water partition coefficient (Wildman–Crippen LogP) is 2.56.